The van der Waals surface area contributed by atoms with Crippen LogP contribution in [-0.4, -0.2) is 46.8 Å². The predicted molar refractivity (Wildman–Crippen MR) is 116 cm³/mol. The summed E-state index contributed by atoms with van der Waals surface area (Å²) in [5.41, 5.74) is 0.785. The number of piperidine rings is 1. The van der Waals surface area contributed by atoms with E-state index in [0.29, 0.717) is 32.5 Å². The maximum Gasteiger partial charge on any atom is 0.309 e. The maximum absolute atomic E-state index is 12.6. The average molecular weight is 425 g/mol. The predicted octanol–water partition coefficient (Wildman–Crippen LogP) is 1.23. The molecular weight excluding hydrogens is 396 g/mol. The topological polar surface area (TPSA) is 101 Å². The number of aryl methyl sites for hydroxylation is 1. The van der Waals surface area contributed by atoms with Gasteiger partial charge in [0.05, 0.1) is 6.04 Å². The molecule has 0 aliphatic carbocycles. The van der Waals surface area contributed by atoms with E-state index in [9.17, 15) is 19.2 Å². The molecule has 0 saturated carbocycles. The van der Waals surface area contributed by atoms with Gasteiger partial charge in [0.25, 0.3) is 11.5 Å². The van der Waals surface area contributed by atoms with Crippen molar-refractivity contribution in [2.45, 2.75) is 25.8 Å². The second-order valence-corrected chi connectivity index (χ2v) is 7.89. The Kier molecular flexibility index (Phi) is 7.23. The molecule has 1 saturated heterocycles. The highest BCUT2D eigenvalue weighted by Crippen LogP contribution is 2.18. The summed E-state index contributed by atoms with van der Waals surface area (Å²) in [5.74, 6) is -1.41. The zero-order valence-corrected chi connectivity index (χ0v) is 17.8. The number of nitrogens with one attached hydrogen (secondary N) is 2. The van der Waals surface area contributed by atoms with Gasteiger partial charge in [-0.15, -0.1) is 0 Å². The number of aromatic nitrogens is 1. The highest BCUT2D eigenvalue weighted by atomic mass is 16.2. The number of pyridine rings is 1. The van der Waals surface area contributed by atoms with E-state index in [4.69, 9.17) is 0 Å². The molecule has 1 atom stereocenters. The third-order valence-corrected chi connectivity index (χ3v) is 5.66. The number of rotatable bonds is 5. The van der Waals surface area contributed by atoms with Crippen molar-refractivity contribution in [1.82, 2.24) is 20.1 Å². The second-order valence-electron chi connectivity index (χ2n) is 7.89. The molecule has 164 valence electrons. The molecule has 2 N–H and O–H groups in total. The maximum atomic E-state index is 12.6. The van der Waals surface area contributed by atoms with Gasteiger partial charge >= 0.3 is 11.8 Å². The normalized spacial score (nSPS) is 15.2. The van der Waals surface area contributed by atoms with E-state index < -0.39 is 11.8 Å². The number of likely N-dealkylation sites (tertiary alicyclic amines) is 1. The van der Waals surface area contributed by atoms with Gasteiger partial charge < -0.3 is 20.1 Å². The van der Waals surface area contributed by atoms with E-state index in [-0.39, 0.29) is 29.0 Å². The Labute approximate surface area is 181 Å². The van der Waals surface area contributed by atoms with Gasteiger partial charge in [-0.05, 0) is 43.4 Å². The Hall–Kier alpha value is -3.42. The molecule has 0 bridgehead atoms. The van der Waals surface area contributed by atoms with Crippen LogP contribution in [-0.2, 0) is 16.6 Å². The zero-order chi connectivity index (χ0) is 22.4. The first kappa shape index (κ1) is 22.3. The quantitative estimate of drug-likeness (QED) is 0.705. The summed E-state index contributed by atoms with van der Waals surface area (Å²) < 4.78 is 1.39. The van der Waals surface area contributed by atoms with Crippen molar-refractivity contribution >= 4 is 17.7 Å². The van der Waals surface area contributed by atoms with E-state index in [1.54, 1.807) is 30.3 Å². The summed E-state index contributed by atoms with van der Waals surface area (Å²) in [6.45, 7) is 3.22. The van der Waals surface area contributed by atoms with Crippen molar-refractivity contribution in [2.24, 2.45) is 13.0 Å². The number of carbonyl (C=O) groups excluding carboxylic acids is 3. The molecule has 1 aliphatic heterocycles. The van der Waals surface area contributed by atoms with E-state index in [0.717, 1.165) is 5.56 Å². The summed E-state index contributed by atoms with van der Waals surface area (Å²) in [4.78, 5) is 50.8. The smallest absolute Gasteiger partial charge is 0.309 e. The summed E-state index contributed by atoms with van der Waals surface area (Å²) in [6, 6.07) is 12.4. The van der Waals surface area contributed by atoms with E-state index in [2.05, 4.69) is 10.6 Å². The van der Waals surface area contributed by atoms with Crippen LogP contribution in [0.25, 0.3) is 0 Å². The Bertz CT molecular complexity index is 994. The van der Waals surface area contributed by atoms with Crippen LogP contribution in [0.5, 0.6) is 0 Å². The SMILES string of the molecule is CC(NC(=O)C(=O)NCC1CCN(C(=O)c2cccn(C)c2=O)CC1)c1ccccc1. The fourth-order valence-electron chi connectivity index (χ4n) is 3.68. The lowest BCUT2D eigenvalue weighted by Gasteiger charge is -2.32. The number of nitrogens with zero attached hydrogens (tertiary/aromatic N) is 2. The van der Waals surface area contributed by atoms with Crippen LogP contribution >= 0.6 is 0 Å². The van der Waals surface area contributed by atoms with Crippen molar-refractivity contribution in [1.29, 1.82) is 0 Å². The van der Waals surface area contributed by atoms with Crippen LogP contribution in [0.2, 0.25) is 0 Å². The van der Waals surface area contributed by atoms with Crippen molar-refractivity contribution < 1.29 is 14.4 Å². The number of hydrogen-bond acceptors (Lipinski definition) is 4. The van der Waals surface area contributed by atoms with Crippen molar-refractivity contribution in [2.75, 3.05) is 19.6 Å². The molecular formula is C23H28N4O4. The van der Waals surface area contributed by atoms with Crippen molar-refractivity contribution in [3.63, 3.8) is 0 Å². The molecule has 3 amide bonds. The minimum atomic E-state index is -0.663. The Morgan fingerprint density at radius 1 is 1.03 bits per heavy atom. The van der Waals surface area contributed by atoms with E-state index >= 15 is 0 Å². The first-order chi connectivity index (χ1) is 14.9. The number of carbonyl (C=O) groups is 3. The summed E-state index contributed by atoms with van der Waals surface area (Å²) in [6.07, 6.45) is 3.01. The van der Waals surface area contributed by atoms with Gasteiger partial charge in [-0.2, -0.15) is 0 Å². The molecule has 3 rings (SSSR count). The van der Waals surface area contributed by atoms with Crippen molar-refractivity contribution in [3.05, 3.63) is 70.1 Å². The van der Waals surface area contributed by atoms with Crippen LogP contribution in [0.3, 0.4) is 0 Å². The number of benzene rings is 1. The standard InChI is InChI=1S/C23H28N4O4/c1-16(18-7-4-3-5-8-18)25-21(29)20(28)24-15-17-10-13-27(14-11-17)23(31)19-9-6-12-26(2)22(19)30/h3-9,12,16-17H,10-11,13-15H2,1-2H3,(H,24,28)(H,25,29). The van der Waals surface area contributed by atoms with Gasteiger partial charge in [0.15, 0.2) is 0 Å². The molecule has 31 heavy (non-hydrogen) atoms. The first-order valence-corrected chi connectivity index (χ1v) is 10.5. The molecule has 1 aliphatic rings. The van der Waals surface area contributed by atoms with Crippen LogP contribution in [0, 0.1) is 5.92 Å². The van der Waals surface area contributed by atoms with Gasteiger partial charge in [0.1, 0.15) is 5.56 Å². The summed E-state index contributed by atoms with van der Waals surface area (Å²) in [7, 11) is 1.62. The lowest BCUT2D eigenvalue weighted by atomic mass is 9.96. The molecule has 1 aromatic carbocycles. The molecule has 8 nitrogen and oxygen atoms in total. The third kappa shape index (κ3) is 5.59. The molecule has 0 spiro atoms. The molecule has 2 heterocycles. The molecule has 1 fully saturated rings. The fourth-order valence-corrected chi connectivity index (χ4v) is 3.68. The first-order valence-electron chi connectivity index (χ1n) is 10.5. The highest BCUT2D eigenvalue weighted by molar-refractivity contribution is 6.35. The van der Waals surface area contributed by atoms with Crippen LogP contribution in [0.4, 0.5) is 0 Å². The molecule has 1 aromatic heterocycles. The fraction of sp³-hybridized carbons (Fsp3) is 0.391. The number of amides is 3. The van der Waals surface area contributed by atoms with Gasteiger partial charge in [-0.3, -0.25) is 19.2 Å². The van der Waals surface area contributed by atoms with Crippen molar-refractivity contribution in [3.8, 4) is 0 Å². The lowest BCUT2D eigenvalue weighted by molar-refractivity contribution is -0.139. The van der Waals surface area contributed by atoms with Crippen LogP contribution in [0.15, 0.2) is 53.5 Å². The lowest BCUT2D eigenvalue weighted by Crippen LogP contribution is -2.45. The summed E-state index contributed by atoms with van der Waals surface area (Å²) in [5, 5.41) is 5.39. The zero-order valence-electron chi connectivity index (χ0n) is 17.8. The van der Waals surface area contributed by atoms with Gasteiger partial charge in [-0.25, -0.2) is 0 Å². The van der Waals surface area contributed by atoms with Gasteiger partial charge in [0, 0.05) is 32.9 Å². The minimum Gasteiger partial charge on any atom is -0.348 e. The van der Waals surface area contributed by atoms with E-state index in [1.165, 1.54) is 4.57 Å². The molecule has 0 radical (unpaired) electrons. The Balaban J connectivity index is 1.44. The molecule has 2 aromatic rings. The highest BCUT2D eigenvalue weighted by Gasteiger charge is 2.26. The van der Waals surface area contributed by atoms with E-state index in [1.807, 2.05) is 37.3 Å². The number of hydrogen-bond donors (Lipinski definition) is 2. The van der Waals surface area contributed by atoms with Gasteiger partial charge in [-0.1, -0.05) is 30.3 Å². The van der Waals surface area contributed by atoms with Crippen LogP contribution in [0.1, 0.15) is 41.7 Å². The largest absolute Gasteiger partial charge is 0.348 e. The summed E-state index contributed by atoms with van der Waals surface area (Å²) >= 11 is 0. The minimum absolute atomic E-state index is 0.168. The Morgan fingerprint density at radius 2 is 1.71 bits per heavy atom. The third-order valence-electron chi connectivity index (χ3n) is 5.66. The molecule has 8 heteroatoms. The molecule has 1 unspecified atom stereocenters. The van der Waals surface area contributed by atoms with Gasteiger partial charge in [0.2, 0.25) is 0 Å². The Morgan fingerprint density at radius 3 is 2.39 bits per heavy atom. The monoisotopic (exact) mass is 424 g/mol. The van der Waals surface area contributed by atoms with Crippen LogP contribution < -0.4 is 16.2 Å². The average Bonchev–Trinajstić information content (AvgIpc) is 2.79. The second kappa shape index (κ2) is 10.1.